The minimum absolute atomic E-state index is 0.101. The van der Waals surface area contributed by atoms with E-state index in [-0.39, 0.29) is 18.2 Å². The monoisotopic (exact) mass is 433 g/mol. The van der Waals surface area contributed by atoms with Crippen molar-refractivity contribution in [1.82, 2.24) is 10.7 Å². The highest BCUT2D eigenvalue weighted by Crippen LogP contribution is 2.27. The Morgan fingerprint density at radius 2 is 1.66 bits per heavy atom. The molecule has 0 aromatic heterocycles. The summed E-state index contributed by atoms with van der Waals surface area (Å²) in [6.45, 7) is 2.18. The summed E-state index contributed by atoms with van der Waals surface area (Å²) >= 11 is 0. The zero-order valence-electron chi connectivity index (χ0n) is 18.5. The first-order valence-corrected chi connectivity index (χ1v) is 10.3. The smallest absolute Gasteiger partial charge is 0.271 e. The SMILES string of the molecule is COc1ccc(CCNC(=O)C/C(C)=N\NC(=O)c2ccc3ccccc3c2)cc1OC. The molecule has 7 nitrogen and oxygen atoms in total. The lowest BCUT2D eigenvalue weighted by atomic mass is 10.1. The topological polar surface area (TPSA) is 89.0 Å². The Bertz CT molecular complexity index is 1140. The second-order valence-electron chi connectivity index (χ2n) is 7.32. The van der Waals surface area contributed by atoms with E-state index in [1.54, 1.807) is 27.2 Å². The van der Waals surface area contributed by atoms with Gasteiger partial charge in [0.1, 0.15) is 0 Å². The Kier molecular flexibility index (Phi) is 7.80. The summed E-state index contributed by atoms with van der Waals surface area (Å²) in [5.74, 6) is 0.843. The highest BCUT2D eigenvalue weighted by atomic mass is 16.5. The van der Waals surface area contributed by atoms with Crippen LogP contribution in [0.15, 0.2) is 65.8 Å². The molecule has 3 rings (SSSR count). The fourth-order valence-electron chi connectivity index (χ4n) is 3.26. The molecule has 2 N–H and O–H groups in total. The van der Waals surface area contributed by atoms with Gasteiger partial charge in [0.15, 0.2) is 11.5 Å². The van der Waals surface area contributed by atoms with Crippen LogP contribution in [0.3, 0.4) is 0 Å². The normalized spacial score (nSPS) is 11.2. The Balaban J connectivity index is 1.46. The number of nitrogens with one attached hydrogen (secondary N) is 2. The van der Waals surface area contributed by atoms with E-state index >= 15 is 0 Å². The van der Waals surface area contributed by atoms with Crippen LogP contribution in [0.1, 0.15) is 29.3 Å². The molecule has 7 heteroatoms. The fraction of sp³-hybridized carbons (Fsp3) is 0.240. The van der Waals surface area contributed by atoms with Crippen LogP contribution in [0.25, 0.3) is 10.8 Å². The van der Waals surface area contributed by atoms with E-state index in [0.29, 0.717) is 35.7 Å². The number of benzene rings is 3. The van der Waals surface area contributed by atoms with E-state index < -0.39 is 0 Å². The summed E-state index contributed by atoms with van der Waals surface area (Å²) in [4.78, 5) is 24.5. The van der Waals surface area contributed by atoms with Crippen LogP contribution in [0.5, 0.6) is 11.5 Å². The Hall–Kier alpha value is -3.87. The van der Waals surface area contributed by atoms with Gasteiger partial charge in [-0.2, -0.15) is 5.10 Å². The van der Waals surface area contributed by atoms with Gasteiger partial charge >= 0.3 is 0 Å². The lowest BCUT2D eigenvalue weighted by Crippen LogP contribution is -2.28. The molecule has 0 aliphatic rings. The highest BCUT2D eigenvalue weighted by Gasteiger charge is 2.08. The lowest BCUT2D eigenvalue weighted by molar-refractivity contribution is -0.119. The number of carbonyl (C=O) groups excluding carboxylic acids is 2. The number of carbonyl (C=O) groups is 2. The first-order valence-electron chi connectivity index (χ1n) is 10.3. The van der Waals surface area contributed by atoms with Crippen LogP contribution in [0, 0.1) is 0 Å². The standard InChI is InChI=1S/C25H27N3O4/c1-17(27-28-25(30)21-10-9-19-6-4-5-7-20(19)16-21)14-24(29)26-13-12-18-8-11-22(31-2)23(15-18)32-3/h4-11,15-16H,12-14H2,1-3H3,(H,26,29)(H,28,30)/b27-17-. The second kappa shape index (κ2) is 10.9. The molecule has 3 aromatic carbocycles. The van der Waals surface area contributed by atoms with Gasteiger partial charge < -0.3 is 14.8 Å². The molecule has 0 radical (unpaired) electrons. The maximum atomic E-state index is 12.4. The average Bonchev–Trinajstić information content (AvgIpc) is 2.82. The zero-order valence-corrected chi connectivity index (χ0v) is 18.5. The van der Waals surface area contributed by atoms with Crippen LogP contribution >= 0.6 is 0 Å². The molecule has 0 saturated carbocycles. The number of nitrogens with zero attached hydrogens (tertiary/aromatic N) is 1. The van der Waals surface area contributed by atoms with Crippen molar-refractivity contribution in [3.05, 3.63) is 71.8 Å². The Labute approximate surface area is 187 Å². The Morgan fingerprint density at radius 1 is 0.906 bits per heavy atom. The molecule has 0 fully saturated rings. The number of hydrogen-bond donors (Lipinski definition) is 2. The van der Waals surface area contributed by atoms with Crippen LogP contribution < -0.4 is 20.2 Å². The summed E-state index contributed by atoms with van der Waals surface area (Å²) in [7, 11) is 3.18. The fourth-order valence-corrected chi connectivity index (χ4v) is 3.26. The molecule has 0 bridgehead atoms. The van der Waals surface area contributed by atoms with E-state index in [0.717, 1.165) is 16.3 Å². The van der Waals surface area contributed by atoms with Crippen molar-refractivity contribution in [2.24, 2.45) is 5.10 Å². The largest absolute Gasteiger partial charge is 0.493 e. The van der Waals surface area contributed by atoms with Crippen molar-refractivity contribution in [2.45, 2.75) is 19.8 Å². The molecular formula is C25H27N3O4. The van der Waals surface area contributed by atoms with Crippen LogP contribution in [-0.4, -0.2) is 38.3 Å². The molecule has 0 atom stereocenters. The van der Waals surface area contributed by atoms with Gasteiger partial charge in [-0.25, -0.2) is 5.43 Å². The highest BCUT2D eigenvalue weighted by molar-refractivity contribution is 6.02. The van der Waals surface area contributed by atoms with Gasteiger partial charge in [0.2, 0.25) is 5.91 Å². The molecule has 0 unspecified atom stereocenters. The van der Waals surface area contributed by atoms with E-state index in [9.17, 15) is 9.59 Å². The first kappa shape index (κ1) is 22.8. The molecule has 3 aromatic rings. The second-order valence-corrected chi connectivity index (χ2v) is 7.32. The van der Waals surface area contributed by atoms with Crippen molar-refractivity contribution in [3.63, 3.8) is 0 Å². The van der Waals surface area contributed by atoms with Gasteiger partial charge in [0.25, 0.3) is 5.91 Å². The molecule has 0 aliphatic carbocycles. The van der Waals surface area contributed by atoms with E-state index in [4.69, 9.17) is 9.47 Å². The summed E-state index contributed by atoms with van der Waals surface area (Å²) < 4.78 is 10.5. The van der Waals surface area contributed by atoms with Gasteiger partial charge in [-0.05, 0) is 53.9 Å². The molecule has 2 amide bonds. The minimum atomic E-state index is -0.316. The minimum Gasteiger partial charge on any atom is -0.493 e. The zero-order chi connectivity index (χ0) is 22.9. The third kappa shape index (κ3) is 6.07. The molecule has 0 heterocycles. The molecule has 0 spiro atoms. The van der Waals surface area contributed by atoms with Gasteiger partial charge in [0, 0.05) is 17.8 Å². The first-order chi connectivity index (χ1) is 15.5. The van der Waals surface area contributed by atoms with Crippen molar-refractivity contribution in [3.8, 4) is 11.5 Å². The van der Waals surface area contributed by atoms with Crippen molar-refractivity contribution in [2.75, 3.05) is 20.8 Å². The summed E-state index contributed by atoms with van der Waals surface area (Å²) in [6, 6.07) is 18.9. The predicted molar refractivity (Wildman–Crippen MR) is 125 cm³/mol. The predicted octanol–water partition coefficient (Wildman–Crippen LogP) is 3.71. The third-order valence-electron chi connectivity index (χ3n) is 4.96. The summed E-state index contributed by atoms with van der Waals surface area (Å²) in [5.41, 5.74) is 4.57. The lowest BCUT2D eigenvalue weighted by Gasteiger charge is -2.10. The molecular weight excluding hydrogens is 406 g/mol. The molecule has 0 saturated heterocycles. The molecule has 0 aliphatic heterocycles. The number of rotatable bonds is 9. The average molecular weight is 434 g/mol. The molecule has 166 valence electrons. The number of hydrazone groups is 1. The van der Waals surface area contributed by atoms with Crippen LogP contribution in [0.2, 0.25) is 0 Å². The number of amides is 2. The van der Waals surface area contributed by atoms with E-state index in [2.05, 4.69) is 15.8 Å². The third-order valence-corrected chi connectivity index (χ3v) is 4.96. The number of fused-ring (bicyclic) bond motifs is 1. The quantitative estimate of drug-likeness (QED) is 0.398. The van der Waals surface area contributed by atoms with E-state index in [1.807, 2.05) is 54.6 Å². The van der Waals surface area contributed by atoms with Crippen LogP contribution in [-0.2, 0) is 11.2 Å². The van der Waals surface area contributed by atoms with Crippen molar-refractivity contribution in [1.29, 1.82) is 0 Å². The van der Waals surface area contributed by atoms with Crippen molar-refractivity contribution >= 4 is 28.3 Å². The maximum Gasteiger partial charge on any atom is 0.271 e. The van der Waals surface area contributed by atoms with Crippen molar-refractivity contribution < 1.29 is 19.1 Å². The number of hydrogen-bond acceptors (Lipinski definition) is 5. The van der Waals surface area contributed by atoms with Gasteiger partial charge in [-0.1, -0.05) is 36.4 Å². The summed E-state index contributed by atoms with van der Waals surface area (Å²) in [5, 5.41) is 8.96. The summed E-state index contributed by atoms with van der Waals surface area (Å²) in [6.07, 6.45) is 0.755. The maximum absolute atomic E-state index is 12.4. The van der Waals surface area contributed by atoms with Crippen LogP contribution in [0.4, 0.5) is 0 Å². The van der Waals surface area contributed by atoms with E-state index in [1.165, 1.54) is 0 Å². The number of ether oxygens (including phenoxy) is 2. The Morgan fingerprint density at radius 3 is 2.41 bits per heavy atom. The van der Waals surface area contributed by atoms with Gasteiger partial charge in [0.05, 0.1) is 20.6 Å². The van der Waals surface area contributed by atoms with Gasteiger partial charge in [-0.15, -0.1) is 0 Å². The number of methoxy groups -OCH3 is 2. The molecule has 32 heavy (non-hydrogen) atoms. The van der Waals surface area contributed by atoms with Gasteiger partial charge in [-0.3, -0.25) is 9.59 Å².